The van der Waals surface area contributed by atoms with Crippen LogP contribution >= 0.6 is 0 Å². The van der Waals surface area contributed by atoms with Crippen LogP contribution in [0.2, 0.25) is 0 Å². The third-order valence-corrected chi connectivity index (χ3v) is 3.56. The normalized spacial score (nSPS) is 11.7. The first kappa shape index (κ1) is 19.4. The number of nitrogens with one attached hydrogen (secondary N) is 1. The highest BCUT2D eigenvalue weighted by molar-refractivity contribution is 5.94. The number of hydrogen-bond acceptors (Lipinski definition) is 4. The highest BCUT2D eigenvalue weighted by atomic mass is 19.3. The fourth-order valence-electron chi connectivity index (χ4n) is 2.15. The fraction of sp³-hybridized carbons (Fsp3) is 0.263. The maximum absolute atomic E-state index is 12.4. The highest BCUT2D eigenvalue weighted by Gasteiger charge is 2.22. The first-order valence-electron chi connectivity index (χ1n) is 7.95. The molecule has 5 nitrogen and oxygen atoms in total. The van der Waals surface area contributed by atoms with Gasteiger partial charge in [0.25, 0.3) is 5.91 Å². The van der Waals surface area contributed by atoms with Crippen molar-refractivity contribution in [2.75, 3.05) is 0 Å². The summed E-state index contributed by atoms with van der Waals surface area (Å²) in [5, 5.41) is 2.65. The van der Waals surface area contributed by atoms with Crippen LogP contribution in [0, 0.1) is 6.92 Å². The Bertz CT molecular complexity index is 762. The maximum atomic E-state index is 12.4. The van der Waals surface area contributed by atoms with Gasteiger partial charge in [0.15, 0.2) is 6.10 Å². The number of carbonyl (C=O) groups is 2. The molecule has 0 aliphatic rings. The second-order valence-corrected chi connectivity index (χ2v) is 5.63. The molecule has 0 fully saturated rings. The van der Waals surface area contributed by atoms with Gasteiger partial charge in [0.05, 0.1) is 0 Å². The van der Waals surface area contributed by atoms with E-state index in [-0.39, 0.29) is 17.9 Å². The second-order valence-electron chi connectivity index (χ2n) is 5.63. The van der Waals surface area contributed by atoms with Crippen LogP contribution in [0.4, 0.5) is 8.78 Å². The summed E-state index contributed by atoms with van der Waals surface area (Å²) >= 11 is 0. The predicted octanol–water partition coefficient (Wildman–Crippen LogP) is 3.46. The number of benzene rings is 2. The highest BCUT2D eigenvalue weighted by Crippen LogP contribution is 2.21. The van der Waals surface area contributed by atoms with Crippen molar-refractivity contribution in [1.29, 1.82) is 0 Å². The number of alkyl halides is 2. The van der Waals surface area contributed by atoms with Crippen molar-refractivity contribution in [2.24, 2.45) is 0 Å². The number of amides is 1. The Morgan fingerprint density at radius 3 is 2.38 bits per heavy atom. The van der Waals surface area contributed by atoms with Crippen molar-refractivity contribution in [3.63, 3.8) is 0 Å². The summed E-state index contributed by atoms with van der Waals surface area (Å²) in [7, 11) is 0. The average molecular weight is 363 g/mol. The van der Waals surface area contributed by atoms with Gasteiger partial charge < -0.3 is 14.8 Å². The number of hydrogen-bond donors (Lipinski definition) is 1. The largest absolute Gasteiger partial charge is 0.449 e. The quantitative estimate of drug-likeness (QED) is 0.765. The molecule has 138 valence electrons. The minimum atomic E-state index is -3.07. The number of para-hydroxylation sites is 1. The van der Waals surface area contributed by atoms with Crippen molar-refractivity contribution in [3.05, 3.63) is 65.2 Å². The SMILES string of the molecule is Cc1ccc(CNC(=O)[C@H](C)OC(=O)c2ccccc2OC(F)F)cc1. The van der Waals surface area contributed by atoms with Crippen LogP contribution in [0.5, 0.6) is 5.75 Å². The van der Waals surface area contributed by atoms with E-state index in [4.69, 9.17) is 4.74 Å². The summed E-state index contributed by atoms with van der Waals surface area (Å²) in [5.41, 5.74) is 1.83. The molecular formula is C19H19F2NO4. The molecule has 26 heavy (non-hydrogen) atoms. The molecule has 0 aliphatic carbocycles. The zero-order valence-corrected chi connectivity index (χ0v) is 14.4. The van der Waals surface area contributed by atoms with E-state index in [9.17, 15) is 18.4 Å². The lowest BCUT2D eigenvalue weighted by Gasteiger charge is -2.15. The van der Waals surface area contributed by atoms with E-state index in [0.29, 0.717) is 0 Å². The molecule has 0 aliphatic heterocycles. The van der Waals surface area contributed by atoms with Gasteiger partial charge in [-0.05, 0) is 31.5 Å². The zero-order valence-electron chi connectivity index (χ0n) is 14.4. The molecule has 1 atom stereocenters. The summed E-state index contributed by atoms with van der Waals surface area (Å²) in [6, 6.07) is 13.1. The predicted molar refractivity (Wildman–Crippen MR) is 91.0 cm³/mol. The Labute approximate surface area is 149 Å². The first-order valence-corrected chi connectivity index (χ1v) is 7.95. The van der Waals surface area contributed by atoms with Crippen LogP contribution in [0.1, 0.15) is 28.4 Å². The molecule has 0 saturated carbocycles. The number of carbonyl (C=O) groups excluding carboxylic acids is 2. The molecule has 0 aromatic heterocycles. The van der Waals surface area contributed by atoms with E-state index in [1.807, 2.05) is 31.2 Å². The standard InChI is InChI=1S/C19H19F2NO4/c1-12-7-9-14(10-8-12)11-22-17(23)13(2)25-18(24)15-5-3-4-6-16(15)26-19(20)21/h3-10,13,19H,11H2,1-2H3,(H,22,23)/t13-/m0/s1. The Morgan fingerprint density at radius 1 is 1.08 bits per heavy atom. The molecule has 2 aromatic carbocycles. The van der Waals surface area contributed by atoms with Gasteiger partial charge in [-0.2, -0.15) is 8.78 Å². The molecule has 7 heteroatoms. The number of esters is 1. The van der Waals surface area contributed by atoms with E-state index in [1.54, 1.807) is 0 Å². The number of aryl methyl sites for hydroxylation is 1. The topological polar surface area (TPSA) is 64.6 Å². The average Bonchev–Trinajstić information content (AvgIpc) is 2.60. The van der Waals surface area contributed by atoms with Crippen molar-refractivity contribution < 1.29 is 27.8 Å². The van der Waals surface area contributed by atoms with Crippen molar-refractivity contribution in [1.82, 2.24) is 5.32 Å². The molecule has 0 bridgehead atoms. The Kier molecular flexibility index (Phi) is 6.66. The summed E-state index contributed by atoms with van der Waals surface area (Å²) < 4.78 is 34.1. The second kappa shape index (κ2) is 8.94. The molecule has 1 N–H and O–H groups in total. The lowest BCUT2D eigenvalue weighted by molar-refractivity contribution is -0.129. The third kappa shape index (κ3) is 5.54. The Balaban J connectivity index is 1.94. The van der Waals surface area contributed by atoms with Crippen LogP contribution in [0.15, 0.2) is 48.5 Å². The molecule has 0 spiro atoms. The molecule has 0 heterocycles. The maximum Gasteiger partial charge on any atom is 0.387 e. The van der Waals surface area contributed by atoms with Gasteiger partial charge in [0.2, 0.25) is 0 Å². The molecule has 2 rings (SSSR count). The molecule has 2 aromatic rings. The smallest absolute Gasteiger partial charge is 0.387 e. The minimum Gasteiger partial charge on any atom is -0.449 e. The van der Waals surface area contributed by atoms with Gasteiger partial charge in [-0.25, -0.2) is 4.79 Å². The summed E-state index contributed by atoms with van der Waals surface area (Å²) in [4.78, 5) is 24.2. The van der Waals surface area contributed by atoms with E-state index >= 15 is 0 Å². The summed E-state index contributed by atoms with van der Waals surface area (Å²) in [6.07, 6.45) is -1.09. The Hall–Kier alpha value is -2.96. The van der Waals surface area contributed by atoms with Crippen molar-refractivity contribution in [2.45, 2.75) is 33.1 Å². The lowest BCUT2D eigenvalue weighted by Crippen LogP contribution is -2.35. The van der Waals surface area contributed by atoms with Gasteiger partial charge in [0.1, 0.15) is 11.3 Å². The van der Waals surface area contributed by atoms with Gasteiger partial charge in [0, 0.05) is 6.54 Å². The first-order chi connectivity index (χ1) is 12.4. The van der Waals surface area contributed by atoms with Crippen LogP contribution in [0.25, 0.3) is 0 Å². The zero-order chi connectivity index (χ0) is 19.1. The summed E-state index contributed by atoms with van der Waals surface area (Å²) in [5.74, 6) is -1.72. The van der Waals surface area contributed by atoms with E-state index in [0.717, 1.165) is 11.1 Å². The number of halogens is 2. The van der Waals surface area contributed by atoms with Gasteiger partial charge in [-0.3, -0.25) is 4.79 Å². The van der Waals surface area contributed by atoms with Crippen molar-refractivity contribution >= 4 is 11.9 Å². The Morgan fingerprint density at radius 2 is 1.73 bits per heavy atom. The van der Waals surface area contributed by atoms with E-state index in [2.05, 4.69) is 10.1 Å². The van der Waals surface area contributed by atoms with Crippen molar-refractivity contribution in [3.8, 4) is 5.75 Å². The van der Waals surface area contributed by atoms with Crippen LogP contribution in [-0.2, 0) is 16.1 Å². The van der Waals surface area contributed by atoms with Crippen LogP contribution in [-0.4, -0.2) is 24.6 Å². The minimum absolute atomic E-state index is 0.175. The number of ether oxygens (including phenoxy) is 2. The van der Waals surface area contributed by atoms with Crippen LogP contribution < -0.4 is 10.1 Å². The third-order valence-electron chi connectivity index (χ3n) is 3.56. The molecular weight excluding hydrogens is 344 g/mol. The van der Waals surface area contributed by atoms with Gasteiger partial charge in [-0.1, -0.05) is 42.0 Å². The monoisotopic (exact) mass is 363 g/mol. The number of rotatable bonds is 7. The molecule has 0 saturated heterocycles. The van der Waals surface area contributed by atoms with Crippen LogP contribution in [0.3, 0.4) is 0 Å². The molecule has 0 radical (unpaired) electrons. The summed E-state index contributed by atoms with van der Waals surface area (Å²) in [6.45, 7) is 0.573. The molecule has 0 unspecified atom stereocenters. The fourth-order valence-corrected chi connectivity index (χ4v) is 2.15. The van der Waals surface area contributed by atoms with E-state index < -0.39 is 24.6 Å². The van der Waals surface area contributed by atoms with Gasteiger partial charge in [-0.15, -0.1) is 0 Å². The van der Waals surface area contributed by atoms with E-state index in [1.165, 1.54) is 31.2 Å². The molecule has 1 amide bonds. The van der Waals surface area contributed by atoms with Gasteiger partial charge >= 0.3 is 12.6 Å². The lowest BCUT2D eigenvalue weighted by atomic mass is 10.1.